The summed E-state index contributed by atoms with van der Waals surface area (Å²) in [7, 11) is 0. The average molecular weight is 396 g/mol. The van der Waals surface area contributed by atoms with E-state index in [-0.39, 0.29) is 17.7 Å². The average Bonchev–Trinajstić information content (AvgIpc) is 3.40. The molecule has 28 heavy (non-hydrogen) atoms. The number of piperidine rings is 1. The summed E-state index contributed by atoms with van der Waals surface area (Å²) in [4.78, 5) is 26.8. The number of hydrogen-bond acceptors (Lipinski definition) is 6. The summed E-state index contributed by atoms with van der Waals surface area (Å²) in [5.41, 5.74) is 2.22. The summed E-state index contributed by atoms with van der Waals surface area (Å²) in [6.07, 6.45) is 4.23. The number of likely N-dealkylation sites (tertiary alicyclic amines) is 1. The molecule has 8 heteroatoms. The second-order valence-electron chi connectivity index (χ2n) is 6.77. The topological polar surface area (TPSA) is 88.3 Å². The van der Waals surface area contributed by atoms with E-state index in [1.165, 1.54) is 23.9 Å². The zero-order chi connectivity index (χ0) is 19.5. The number of anilines is 1. The second-order valence-corrected chi connectivity index (χ2v) is 7.96. The summed E-state index contributed by atoms with van der Waals surface area (Å²) < 4.78 is 4.98. The highest BCUT2D eigenvalue weighted by Crippen LogP contribution is 2.26. The third-order valence-electron chi connectivity index (χ3n) is 4.82. The summed E-state index contributed by atoms with van der Waals surface area (Å²) >= 11 is 1.52. The minimum Gasteiger partial charge on any atom is -0.472 e. The summed E-state index contributed by atoms with van der Waals surface area (Å²) in [5.74, 6) is -0.172. The van der Waals surface area contributed by atoms with E-state index in [4.69, 9.17) is 4.42 Å². The number of amides is 2. The normalized spacial score (nSPS) is 14.8. The van der Waals surface area contributed by atoms with Gasteiger partial charge in [-0.05, 0) is 38.0 Å². The van der Waals surface area contributed by atoms with Gasteiger partial charge in [0.25, 0.3) is 5.91 Å². The van der Waals surface area contributed by atoms with E-state index in [9.17, 15) is 9.59 Å². The predicted octanol–water partition coefficient (Wildman–Crippen LogP) is 3.60. The van der Waals surface area contributed by atoms with Gasteiger partial charge >= 0.3 is 0 Å². The molecule has 2 amide bonds. The smallest absolute Gasteiger partial charge is 0.257 e. The highest BCUT2D eigenvalue weighted by molar-refractivity contribution is 7.14. The van der Waals surface area contributed by atoms with Gasteiger partial charge in [0.1, 0.15) is 16.3 Å². The van der Waals surface area contributed by atoms with Crippen LogP contribution in [-0.4, -0.2) is 40.0 Å². The van der Waals surface area contributed by atoms with Crippen LogP contribution in [0, 0.1) is 12.8 Å². The van der Waals surface area contributed by atoms with Gasteiger partial charge in [0.15, 0.2) is 0 Å². The van der Waals surface area contributed by atoms with Crippen LogP contribution in [0.25, 0.3) is 10.6 Å². The Kier molecular flexibility index (Phi) is 5.21. The third-order valence-corrected chi connectivity index (χ3v) is 5.71. The Morgan fingerprint density at radius 3 is 2.71 bits per heavy atom. The number of carbonyl (C=O) groups excluding carboxylic acids is 2. The van der Waals surface area contributed by atoms with Crippen molar-refractivity contribution in [2.75, 3.05) is 18.4 Å². The molecule has 0 bridgehead atoms. The molecule has 0 atom stereocenters. The van der Waals surface area contributed by atoms with Gasteiger partial charge in [0, 0.05) is 30.3 Å². The fourth-order valence-corrected chi connectivity index (χ4v) is 3.99. The summed E-state index contributed by atoms with van der Waals surface area (Å²) in [6.45, 7) is 3.04. The number of benzene rings is 1. The van der Waals surface area contributed by atoms with Crippen molar-refractivity contribution in [2.45, 2.75) is 19.8 Å². The molecule has 1 saturated heterocycles. The van der Waals surface area contributed by atoms with Gasteiger partial charge in [-0.3, -0.25) is 9.59 Å². The molecule has 0 radical (unpaired) electrons. The van der Waals surface area contributed by atoms with Crippen molar-refractivity contribution in [3.8, 4) is 10.6 Å². The molecular formula is C20H20N4O3S. The van der Waals surface area contributed by atoms with Gasteiger partial charge in [-0.15, -0.1) is 10.2 Å². The van der Waals surface area contributed by atoms with Crippen LogP contribution in [-0.2, 0) is 4.79 Å². The molecule has 0 aliphatic carbocycles. The molecule has 7 nitrogen and oxygen atoms in total. The number of aryl methyl sites for hydroxylation is 1. The maximum absolute atomic E-state index is 12.7. The van der Waals surface area contributed by atoms with Crippen molar-refractivity contribution in [3.63, 3.8) is 0 Å². The van der Waals surface area contributed by atoms with Crippen LogP contribution in [0.3, 0.4) is 0 Å². The van der Waals surface area contributed by atoms with Gasteiger partial charge < -0.3 is 14.6 Å². The van der Waals surface area contributed by atoms with Gasteiger partial charge in [-0.1, -0.05) is 23.5 Å². The van der Waals surface area contributed by atoms with Crippen LogP contribution in [0.4, 0.5) is 5.69 Å². The Labute approximate surface area is 166 Å². The maximum Gasteiger partial charge on any atom is 0.257 e. The molecule has 3 aromatic rings. The predicted molar refractivity (Wildman–Crippen MR) is 106 cm³/mol. The molecule has 1 aliphatic rings. The Bertz CT molecular complexity index is 975. The van der Waals surface area contributed by atoms with Crippen LogP contribution in [0.1, 0.15) is 28.2 Å². The first-order valence-corrected chi connectivity index (χ1v) is 9.94. The standard InChI is InChI=1S/C20H20N4O3S/c1-13-22-23-19(28-13)15-3-2-4-17(11-15)21-18(25)14-5-8-24(9-6-14)20(26)16-7-10-27-12-16/h2-4,7,10-12,14H,5-6,8-9H2,1H3,(H,21,25). The van der Waals surface area contributed by atoms with E-state index < -0.39 is 0 Å². The number of carbonyl (C=O) groups is 2. The molecular weight excluding hydrogens is 376 g/mol. The van der Waals surface area contributed by atoms with E-state index in [1.54, 1.807) is 11.0 Å². The number of nitrogens with zero attached hydrogens (tertiary/aromatic N) is 3. The molecule has 4 rings (SSSR count). The first-order valence-electron chi connectivity index (χ1n) is 9.13. The Hall–Kier alpha value is -3.00. The van der Waals surface area contributed by atoms with E-state index in [0.717, 1.165) is 21.3 Å². The second kappa shape index (κ2) is 7.93. The first kappa shape index (κ1) is 18.4. The quantitative estimate of drug-likeness (QED) is 0.728. The Morgan fingerprint density at radius 1 is 1.21 bits per heavy atom. The highest BCUT2D eigenvalue weighted by Gasteiger charge is 2.28. The monoisotopic (exact) mass is 396 g/mol. The molecule has 3 heterocycles. The van der Waals surface area contributed by atoms with Crippen LogP contribution in [0.5, 0.6) is 0 Å². The first-order chi connectivity index (χ1) is 13.6. The highest BCUT2D eigenvalue weighted by atomic mass is 32.1. The maximum atomic E-state index is 12.7. The lowest BCUT2D eigenvalue weighted by atomic mass is 9.95. The summed E-state index contributed by atoms with van der Waals surface area (Å²) in [5, 5.41) is 12.9. The molecule has 1 aliphatic heterocycles. The zero-order valence-electron chi connectivity index (χ0n) is 15.4. The number of rotatable bonds is 4. The summed E-state index contributed by atoms with van der Waals surface area (Å²) in [6, 6.07) is 9.29. The van der Waals surface area contributed by atoms with Gasteiger partial charge in [0.05, 0.1) is 11.8 Å². The lowest BCUT2D eigenvalue weighted by molar-refractivity contribution is -0.121. The number of nitrogens with one attached hydrogen (secondary N) is 1. The lowest BCUT2D eigenvalue weighted by Gasteiger charge is -2.31. The SMILES string of the molecule is Cc1nnc(-c2cccc(NC(=O)C3CCN(C(=O)c4ccoc4)CC3)c2)s1. The van der Waals surface area contributed by atoms with Gasteiger partial charge in [-0.25, -0.2) is 0 Å². The molecule has 0 saturated carbocycles. The molecule has 1 fully saturated rings. The molecule has 0 unspecified atom stereocenters. The van der Waals surface area contributed by atoms with Crippen LogP contribution < -0.4 is 5.32 Å². The van der Waals surface area contributed by atoms with Crippen LogP contribution in [0.15, 0.2) is 47.3 Å². The van der Waals surface area contributed by atoms with Gasteiger partial charge in [-0.2, -0.15) is 0 Å². The third kappa shape index (κ3) is 3.96. The molecule has 144 valence electrons. The number of aromatic nitrogens is 2. The Balaban J connectivity index is 1.35. The number of furan rings is 1. The van der Waals surface area contributed by atoms with Crippen molar-refractivity contribution in [3.05, 3.63) is 53.4 Å². The Morgan fingerprint density at radius 2 is 2.04 bits per heavy atom. The van der Waals surface area contributed by atoms with E-state index >= 15 is 0 Å². The van der Waals surface area contributed by atoms with Crippen molar-refractivity contribution in [2.24, 2.45) is 5.92 Å². The van der Waals surface area contributed by atoms with Crippen molar-refractivity contribution >= 4 is 28.8 Å². The largest absolute Gasteiger partial charge is 0.472 e. The molecule has 2 aromatic heterocycles. The number of hydrogen-bond donors (Lipinski definition) is 1. The minimum atomic E-state index is -0.110. The molecule has 1 aromatic carbocycles. The van der Waals surface area contributed by atoms with E-state index in [1.807, 2.05) is 31.2 Å². The van der Waals surface area contributed by atoms with E-state index in [2.05, 4.69) is 15.5 Å². The van der Waals surface area contributed by atoms with Crippen LogP contribution in [0.2, 0.25) is 0 Å². The zero-order valence-corrected chi connectivity index (χ0v) is 16.2. The minimum absolute atomic E-state index is 0.0130. The fraction of sp³-hybridized carbons (Fsp3) is 0.300. The van der Waals surface area contributed by atoms with E-state index in [0.29, 0.717) is 31.5 Å². The van der Waals surface area contributed by atoms with Crippen molar-refractivity contribution in [1.82, 2.24) is 15.1 Å². The van der Waals surface area contributed by atoms with Crippen molar-refractivity contribution in [1.29, 1.82) is 0 Å². The van der Waals surface area contributed by atoms with Gasteiger partial charge in [0.2, 0.25) is 5.91 Å². The van der Waals surface area contributed by atoms with Crippen LogP contribution >= 0.6 is 11.3 Å². The lowest BCUT2D eigenvalue weighted by Crippen LogP contribution is -2.41. The fourth-order valence-electron chi connectivity index (χ4n) is 3.30. The molecule has 1 N–H and O–H groups in total. The molecule has 0 spiro atoms. The van der Waals surface area contributed by atoms with Crippen molar-refractivity contribution < 1.29 is 14.0 Å².